The van der Waals surface area contributed by atoms with Gasteiger partial charge in [0.25, 0.3) is 0 Å². The number of hydrogen-bond donors (Lipinski definition) is 1. The van der Waals surface area contributed by atoms with E-state index in [0.29, 0.717) is 5.56 Å². The highest BCUT2D eigenvalue weighted by Crippen LogP contribution is 2.08. The van der Waals surface area contributed by atoms with E-state index in [0.717, 1.165) is 0 Å². The van der Waals surface area contributed by atoms with Crippen LogP contribution in [0.25, 0.3) is 5.43 Å². The second kappa shape index (κ2) is 4.27. The third kappa shape index (κ3) is 2.33. The minimum Gasteiger partial charge on any atom is -0.277 e. The summed E-state index contributed by atoms with van der Waals surface area (Å²) in [5.74, 6) is -0.257. The summed E-state index contributed by atoms with van der Waals surface area (Å²) in [6.45, 7) is 0. The summed E-state index contributed by atoms with van der Waals surface area (Å²) < 4.78 is 13.1. The first kappa shape index (κ1) is 9.25. The van der Waals surface area contributed by atoms with Crippen LogP contribution >= 0.6 is 0 Å². The van der Waals surface area contributed by atoms with Crippen molar-refractivity contribution in [2.45, 2.75) is 0 Å². The van der Waals surface area contributed by atoms with Gasteiger partial charge in [0.1, 0.15) is 5.82 Å². The monoisotopic (exact) mass is 205 g/mol. The summed E-state index contributed by atoms with van der Waals surface area (Å²) in [5.41, 5.74) is 3.94. The fourth-order valence-electron chi connectivity index (χ4n) is 0.921. The molecular formula is C8H6FN6-. The smallest absolute Gasteiger partial charge is 0.131 e. The molecule has 0 amide bonds. The molecule has 0 aliphatic carbocycles. The molecule has 0 bridgehead atoms. The number of nitrogens with zero attached hydrogens (tertiary/aromatic N) is 5. The summed E-state index contributed by atoms with van der Waals surface area (Å²) in [6.07, 6.45) is 1.28. The molecule has 0 spiro atoms. The van der Waals surface area contributed by atoms with Crippen molar-refractivity contribution in [3.8, 4) is 0 Å². The van der Waals surface area contributed by atoms with Crippen LogP contribution in [0.5, 0.6) is 0 Å². The van der Waals surface area contributed by atoms with Gasteiger partial charge in [-0.1, -0.05) is 18.2 Å². The molecule has 6 nitrogen and oxygen atoms in total. The van der Waals surface area contributed by atoms with Crippen LogP contribution in [0.15, 0.2) is 29.4 Å². The molecule has 0 saturated heterocycles. The first-order chi connectivity index (χ1) is 7.36. The molecule has 0 radical (unpaired) electrons. The molecule has 7 heteroatoms. The predicted molar refractivity (Wildman–Crippen MR) is 51.2 cm³/mol. The Hall–Kier alpha value is -2.31. The Balaban J connectivity index is 2.03. The van der Waals surface area contributed by atoms with Crippen molar-refractivity contribution in [2.75, 3.05) is 0 Å². The van der Waals surface area contributed by atoms with Gasteiger partial charge in [-0.05, 0) is 6.07 Å². The topological polar surface area (TPSA) is 80.9 Å². The zero-order valence-corrected chi connectivity index (χ0v) is 7.50. The number of tetrazole rings is 1. The summed E-state index contributed by atoms with van der Waals surface area (Å²) >= 11 is 0. The van der Waals surface area contributed by atoms with E-state index in [4.69, 9.17) is 0 Å². The highest BCUT2D eigenvalue weighted by atomic mass is 19.1. The number of aromatic nitrogens is 4. The van der Waals surface area contributed by atoms with E-state index in [9.17, 15) is 4.39 Å². The lowest BCUT2D eigenvalue weighted by molar-refractivity contribution is 0.626. The zero-order chi connectivity index (χ0) is 10.5. The largest absolute Gasteiger partial charge is 0.277 e. The average molecular weight is 205 g/mol. The molecule has 15 heavy (non-hydrogen) atoms. The zero-order valence-electron chi connectivity index (χ0n) is 7.50. The fourth-order valence-corrected chi connectivity index (χ4v) is 0.921. The van der Waals surface area contributed by atoms with Crippen LogP contribution in [0, 0.1) is 5.82 Å². The summed E-state index contributed by atoms with van der Waals surface area (Å²) in [6, 6.07) is 6.24. The molecule has 0 unspecified atom stereocenters. The van der Waals surface area contributed by atoms with Crippen molar-refractivity contribution in [3.63, 3.8) is 0 Å². The van der Waals surface area contributed by atoms with Crippen LogP contribution in [0.4, 0.5) is 10.3 Å². The fraction of sp³-hybridized carbons (Fsp3) is 0. The molecule has 0 saturated carbocycles. The first-order valence-electron chi connectivity index (χ1n) is 4.08. The number of H-pyrrole nitrogens is 1. The number of nitrogens with one attached hydrogen (secondary N) is 1. The molecule has 0 fully saturated rings. The molecule has 0 atom stereocenters. The minimum absolute atomic E-state index is 0.0996. The quantitative estimate of drug-likeness (QED) is 0.607. The Bertz CT molecular complexity index is 452. The summed E-state index contributed by atoms with van der Waals surface area (Å²) in [5, 5.41) is 16.2. The lowest BCUT2D eigenvalue weighted by Crippen LogP contribution is -1.85. The summed E-state index contributed by atoms with van der Waals surface area (Å²) in [7, 11) is 0. The van der Waals surface area contributed by atoms with Gasteiger partial charge in [-0.3, -0.25) is 20.8 Å². The minimum atomic E-state index is -0.357. The van der Waals surface area contributed by atoms with Crippen LogP contribution in [0.2, 0.25) is 0 Å². The Labute approximate surface area is 84.2 Å². The van der Waals surface area contributed by atoms with Gasteiger partial charge < -0.3 is 0 Å². The van der Waals surface area contributed by atoms with Crippen molar-refractivity contribution in [1.82, 2.24) is 20.6 Å². The van der Waals surface area contributed by atoms with Crippen LogP contribution in [0.3, 0.4) is 0 Å². The maximum Gasteiger partial charge on any atom is 0.131 e. The second-order valence-electron chi connectivity index (χ2n) is 2.58. The second-order valence-corrected chi connectivity index (χ2v) is 2.58. The normalized spacial score (nSPS) is 10.7. The standard InChI is InChI=1S/C8H6FN6/c9-7-4-2-1-3-6(7)5-10-11-8-12-14-15-13-8/h1-5H,(H-,11,12,13,14,15)/q-1/b10-5-. The predicted octanol–water partition coefficient (Wildman–Crippen LogP) is 1.38. The Morgan fingerprint density at radius 3 is 3.00 bits per heavy atom. The van der Waals surface area contributed by atoms with Gasteiger partial charge in [0.15, 0.2) is 0 Å². The van der Waals surface area contributed by atoms with Crippen molar-refractivity contribution in [2.24, 2.45) is 5.10 Å². The molecule has 1 N–H and O–H groups in total. The Morgan fingerprint density at radius 1 is 1.40 bits per heavy atom. The van der Waals surface area contributed by atoms with Crippen LogP contribution in [-0.2, 0) is 0 Å². The molecule has 1 aromatic carbocycles. The van der Waals surface area contributed by atoms with Crippen LogP contribution in [0.1, 0.15) is 5.56 Å². The lowest BCUT2D eigenvalue weighted by atomic mass is 10.2. The molecule has 2 rings (SSSR count). The van der Waals surface area contributed by atoms with Crippen LogP contribution in [-0.4, -0.2) is 26.8 Å². The van der Waals surface area contributed by atoms with E-state index < -0.39 is 0 Å². The molecule has 2 aromatic rings. The third-order valence-corrected chi connectivity index (χ3v) is 1.58. The highest BCUT2D eigenvalue weighted by Gasteiger charge is 1.94. The maximum atomic E-state index is 13.1. The highest BCUT2D eigenvalue weighted by molar-refractivity contribution is 5.80. The SMILES string of the molecule is Fc1ccccc1/C=N\[N-]c1nn[nH]n1. The van der Waals surface area contributed by atoms with Gasteiger partial charge in [0.2, 0.25) is 0 Å². The first-order valence-corrected chi connectivity index (χ1v) is 4.08. The van der Waals surface area contributed by atoms with E-state index >= 15 is 0 Å². The van der Waals surface area contributed by atoms with Crippen molar-refractivity contribution >= 4 is 12.2 Å². The molecule has 0 aliphatic rings. The number of halogens is 1. The number of hydrogen-bond acceptors (Lipinski definition) is 4. The lowest BCUT2D eigenvalue weighted by Gasteiger charge is -1.98. The van der Waals surface area contributed by atoms with E-state index in [1.165, 1.54) is 12.3 Å². The molecular weight excluding hydrogens is 199 g/mol. The van der Waals surface area contributed by atoms with Gasteiger partial charge in [-0.15, -0.1) is 5.21 Å². The van der Waals surface area contributed by atoms with Crippen molar-refractivity contribution < 1.29 is 4.39 Å². The summed E-state index contributed by atoms with van der Waals surface area (Å²) in [4.78, 5) is 0. The average Bonchev–Trinajstić information content (AvgIpc) is 2.74. The van der Waals surface area contributed by atoms with E-state index in [1.54, 1.807) is 18.2 Å². The van der Waals surface area contributed by atoms with E-state index in [1.807, 2.05) is 0 Å². The third-order valence-electron chi connectivity index (χ3n) is 1.58. The van der Waals surface area contributed by atoms with E-state index in [2.05, 4.69) is 31.2 Å². The van der Waals surface area contributed by atoms with Gasteiger partial charge in [0, 0.05) is 11.8 Å². The van der Waals surface area contributed by atoms with Crippen LogP contribution < -0.4 is 0 Å². The van der Waals surface area contributed by atoms with Gasteiger partial charge >= 0.3 is 0 Å². The number of benzene rings is 1. The van der Waals surface area contributed by atoms with Gasteiger partial charge in [-0.25, -0.2) is 9.49 Å². The number of rotatable bonds is 3. The molecule has 1 heterocycles. The van der Waals surface area contributed by atoms with Crippen molar-refractivity contribution in [1.29, 1.82) is 0 Å². The van der Waals surface area contributed by atoms with Gasteiger partial charge in [-0.2, -0.15) is 0 Å². The Kier molecular flexibility index (Phi) is 2.63. The van der Waals surface area contributed by atoms with E-state index in [-0.39, 0.29) is 11.8 Å². The van der Waals surface area contributed by atoms with Gasteiger partial charge in [0.05, 0.1) is 5.95 Å². The number of aromatic amines is 1. The molecule has 76 valence electrons. The van der Waals surface area contributed by atoms with Crippen molar-refractivity contribution in [3.05, 3.63) is 41.1 Å². The maximum absolute atomic E-state index is 13.1. The molecule has 0 aliphatic heterocycles. The molecule has 1 aromatic heterocycles. The Morgan fingerprint density at radius 2 is 2.27 bits per heavy atom.